The Kier molecular flexibility index (Phi) is 11.4. The molecule has 20 heavy (non-hydrogen) atoms. The van der Waals surface area contributed by atoms with E-state index >= 15 is 0 Å². The molecule has 0 bridgehead atoms. The number of aromatic hydroxyl groups is 1. The second-order valence-corrected chi connectivity index (χ2v) is 4.63. The summed E-state index contributed by atoms with van der Waals surface area (Å²) in [5.41, 5.74) is 0.431. The van der Waals surface area contributed by atoms with Gasteiger partial charge in [-0.1, -0.05) is 23.2 Å². The van der Waals surface area contributed by atoms with E-state index in [2.05, 4.69) is 4.98 Å². The van der Waals surface area contributed by atoms with Gasteiger partial charge in [-0.15, -0.1) is 0 Å². The molecule has 0 fully saturated rings. The fraction of sp³-hybridized carbons (Fsp3) is 0. The van der Waals surface area contributed by atoms with Gasteiger partial charge in [-0.3, -0.25) is 13.4 Å². The Labute approximate surface area is 169 Å². The quantitative estimate of drug-likeness (QED) is 0.292. The standard InChI is InChI=1S/C9H5Cl2NO.2Na.H2O4S/c10-6-4-7(11)9(13)8-5(6)2-1-3-12-8;;;1-5(2,3)4/h1-4,13H;;;(H2,1,2,3,4)/q;2*+1;/p-2. The topological polar surface area (TPSA) is 113 Å². The third kappa shape index (κ3) is 7.77. The van der Waals surface area contributed by atoms with E-state index in [1.165, 1.54) is 6.07 Å². The number of phenolic OH excluding ortho intramolecular Hbond substituents is 1. The Balaban J connectivity index is 0. The van der Waals surface area contributed by atoms with Gasteiger partial charge in [-0.25, -0.2) is 0 Å². The van der Waals surface area contributed by atoms with Gasteiger partial charge in [0, 0.05) is 22.0 Å². The molecule has 2 aromatic rings. The summed E-state index contributed by atoms with van der Waals surface area (Å²) in [6.07, 6.45) is 1.58. The van der Waals surface area contributed by atoms with Crippen molar-refractivity contribution in [2.75, 3.05) is 0 Å². The fourth-order valence-corrected chi connectivity index (χ4v) is 1.67. The van der Waals surface area contributed by atoms with Gasteiger partial charge >= 0.3 is 59.1 Å². The molecular weight excluding hydrogens is 351 g/mol. The third-order valence-corrected chi connectivity index (χ3v) is 2.37. The monoisotopic (exact) mass is 355 g/mol. The molecule has 0 spiro atoms. The van der Waals surface area contributed by atoms with Crippen LogP contribution < -0.4 is 59.1 Å². The van der Waals surface area contributed by atoms with Crippen LogP contribution in [0.25, 0.3) is 10.9 Å². The third-order valence-electron chi connectivity index (χ3n) is 1.77. The Morgan fingerprint density at radius 3 is 2.15 bits per heavy atom. The van der Waals surface area contributed by atoms with E-state index < -0.39 is 10.4 Å². The molecular formula is C9H5Cl2NNa2O5S. The fourth-order valence-electron chi connectivity index (χ4n) is 1.16. The number of aromatic nitrogens is 1. The molecule has 0 radical (unpaired) electrons. The number of hydrogen-bond donors (Lipinski definition) is 1. The van der Waals surface area contributed by atoms with Crippen LogP contribution in [0.1, 0.15) is 0 Å². The van der Waals surface area contributed by atoms with Crippen LogP contribution in [0.3, 0.4) is 0 Å². The summed E-state index contributed by atoms with van der Waals surface area (Å²) >= 11 is 11.6. The van der Waals surface area contributed by atoms with Crippen molar-refractivity contribution in [1.82, 2.24) is 4.98 Å². The maximum Gasteiger partial charge on any atom is 1.00 e. The molecule has 0 aliphatic rings. The van der Waals surface area contributed by atoms with E-state index in [0.717, 1.165) is 0 Å². The van der Waals surface area contributed by atoms with Gasteiger partial charge in [0.15, 0.2) is 5.75 Å². The summed E-state index contributed by atoms with van der Waals surface area (Å²) < 4.78 is 34.1. The van der Waals surface area contributed by atoms with Crippen molar-refractivity contribution in [3.63, 3.8) is 0 Å². The van der Waals surface area contributed by atoms with E-state index in [-0.39, 0.29) is 69.9 Å². The molecule has 0 unspecified atom stereocenters. The van der Waals surface area contributed by atoms with Crippen LogP contribution in [-0.2, 0) is 10.4 Å². The minimum Gasteiger partial charge on any atom is -0.759 e. The number of pyridine rings is 1. The van der Waals surface area contributed by atoms with Gasteiger partial charge in [0.2, 0.25) is 0 Å². The zero-order chi connectivity index (χ0) is 13.9. The molecule has 0 saturated carbocycles. The first-order chi connectivity index (χ1) is 8.20. The number of phenols is 1. The van der Waals surface area contributed by atoms with Crippen molar-refractivity contribution in [3.8, 4) is 5.75 Å². The van der Waals surface area contributed by atoms with Gasteiger partial charge in [0.1, 0.15) is 5.52 Å². The Morgan fingerprint density at radius 2 is 1.65 bits per heavy atom. The van der Waals surface area contributed by atoms with Gasteiger partial charge in [-0.2, -0.15) is 0 Å². The van der Waals surface area contributed by atoms with Crippen LogP contribution in [0.4, 0.5) is 0 Å². The van der Waals surface area contributed by atoms with Crippen LogP contribution in [0.2, 0.25) is 10.0 Å². The molecule has 6 nitrogen and oxygen atoms in total. The number of nitrogens with zero attached hydrogens (tertiary/aromatic N) is 1. The summed E-state index contributed by atoms with van der Waals surface area (Å²) in [6.45, 7) is 0. The molecule has 1 N–H and O–H groups in total. The van der Waals surface area contributed by atoms with Crippen molar-refractivity contribution in [1.29, 1.82) is 0 Å². The number of rotatable bonds is 0. The Bertz CT molecular complexity index is 675. The molecule has 0 atom stereocenters. The zero-order valence-corrected chi connectivity index (χ0v) is 16.8. The van der Waals surface area contributed by atoms with Gasteiger partial charge < -0.3 is 14.2 Å². The van der Waals surface area contributed by atoms with Crippen LogP contribution in [-0.4, -0.2) is 27.6 Å². The van der Waals surface area contributed by atoms with Gasteiger partial charge in [0.05, 0.1) is 10.0 Å². The van der Waals surface area contributed by atoms with E-state index in [1.54, 1.807) is 18.3 Å². The molecule has 98 valence electrons. The summed E-state index contributed by atoms with van der Waals surface area (Å²) in [5, 5.41) is 10.9. The number of fused-ring (bicyclic) bond motifs is 1. The molecule has 1 aromatic carbocycles. The molecule has 2 rings (SSSR count). The summed E-state index contributed by atoms with van der Waals surface area (Å²) in [4.78, 5) is 3.98. The first-order valence-electron chi connectivity index (χ1n) is 4.28. The molecule has 0 saturated heterocycles. The normalized spacial score (nSPS) is 9.80. The minimum absolute atomic E-state index is 0. The zero-order valence-electron chi connectivity index (χ0n) is 10.5. The van der Waals surface area contributed by atoms with Gasteiger partial charge in [-0.05, 0) is 18.2 Å². The minimum atomic E-state index is -5.17. The first-order valence-corrected chi connectivity index (χ1v) is 6.37. The van der Waals surface area contributed by atoms with Gasteiger partial charge in [0.25, 0.3) is 0 Å². The van der Waals surface area contributed by atoms with Crippen molar-refractivity contribution in [2.24, 2.45) is 0 Å². The van der Waals surface area contributed by atoms with Crippen LogP contribution >= 0.6 is 23.2 Å². The molecule has 1 aromatic heterocycles. The second kappa shape index (κ2) is 9.81. The van der Waals surface area contributed by atoms with Crippen molar-refractivity contribution < 1.29 is 81.7 Å². The van der Waals surface area contributed by atoms with E-state index in [4.69, 9.17) is 40.7 Å². The average molecular weight is 356 g/mol. The molecule has 0 aliphatic carbocycles. The Hall–Kier alpha value is 0.880. The average Bonchev–Trinajstić information content (AvgIpc) is 2.24. The number of hydrogen-bond acceptors (Lipinski definition) is 6. The summed E-state index contributed by atoms with van der Waals surface area (Å²) in [5.74, 6) is -0.0262. The Morgan fingerprint density at radius 1 is 1.15 bits per heavy atom. The largest absolute Gasteiger partial charge is 1.00 e. The molecule has 1 heterocycles. The van der Waals surface area contributed by atoms with E-state index in [0.29, 0.717) is 15.9 Å². The number of benzene rings is 1. The molecule has 11 heteroatoms. The predicted molar refractivity (Wildman–Crippen MR) is 63.9 cm³/mol. The predicted octanol–water partition coefficient (Wildman–Crippen LogP) is -4.08. The summed E-state index contributed by atoms with van der Waals surface area (Å²) in [7, 11) is -5.17. The SMILES string of the molecule is O=S(=O)([O-])[O-].Oc1c(Cl)cc(Cl)c2cccnc12.[Na+].[Na+]. The van der Waals surface area contributed by atoms with Crippen molar-refractivity contribution >= 4 is 44.5 Å². The summed E-state index contributed by atoms with van der Waals surface area (Å²) in [6, 6.07) is 5.03. The van der Waals surface area contributed by atoms with Crippen LogP contribution in [0.15, 0.2) is 24.4 Å². The maximum absolute atomic E-state index is 9.53. The first kappa shape index (κ1) is 23.2. The van der Waals surface area contributed by atoms with Crippen molar-refractivity contribution in [2.45, 2.75) is 0 Å². The van der Waals surface area contributed by atoms with Crippen LogP contribution in [0.5, 0.6) is 5.75 Å². The van der Waals surface area contributed by atoms with Crippen molar-refractivity contribution in [3.05, 3.63) is 34.4 Å². The van der Waals surface area contributed by atoms with E-state index in [9.17, 15) is 5.11 Å². The molecule has 0 amide bonds. The second-order valence-electron chi connectivity index (χ2n) is 3.00. The molecule has 0 aliphatic heterocycles. The van der Waals surface area contributed by atoms with Crippen LogP contribution in [0, 0.1) is 0 Å². The van der Waals surface area contributed by atoms with E-state index in [1.807, 2.05) is 0 Å². The smallest absolute Gasteiger partial charge is 0.759 e. The number of halogens is 2. The maximum atomic E-state index is 9.53.